The van der Waals surface area contributed by atoms with Gasteiger partial charge in [0, 0.05) is 19.7 Å². The number of nitrogens with zero attached hydrogens (tertiary/aromatic N) is 1. The first-order chi connectivity index (χ1) is 6.29. The summed E-state index contributed by atoms with van der Waals surface area (Å²) in [6, 6.07) is 0.439. The third-order valence-corrected chi connectivity index (χ3v) is 2.77. The quantitative estimate of drug-likeness (QED) is 0.732. The maximum atomic E-state index is 9.57. The van der Waals surface area contributed by atoms with Crippen molar-refractivity contribution < 1.29 is 9.84 Å². The predicted octanol–water partition coefficient (Wildman–Crippen LogP) is 1.36. The van der Waals surface area contributed by atoms with Crippen molar-refractivity contribution in [3.05, 3.63) is 0 Å². The van der Waals surface area contributed by atoms with Gasteiger partial charge in [-0.25, -0.2) is 0 Å². The lowest BCUT2D eigenvalue weighted by Gasteiger charge is -2.36. The number of hydrogen-bond donors (Lipinski definition) is 1. The van der Waals surface area contributed by atoms with Gasteiger partial charge in [-0.1, -0.05) is 20.8 Å². The van der Waals surface area contributed by atoms with E-state index in [1.54, 1.807) is 7.11 Å². The lowest BCUT2D eigenvalue weighted by Crippen LogP contribution is -2.43. The molecule has 0 saturated heterocycles. The van der Waals surface area contributed by atoms with Crippen LogP contribution < -0.4 is 0 Å². The van der Waals surface area contributed by atoms with Crippen LogP contribution in [0.1, 0.15) is 27.7 Å². The number of methoxy groups -OCH3 is 1. The molecule has 0 saturated carbocycles. The first-order valence-electron chi connectivity index (χ1n) is 5.16. The van der Waals surface area contributed by atoms with E-state index in [4.69, 9.17) is 4.74 Å². The minimum atomic E-state index is -0.394. The number of aliphatic hydroxyl groups is 1. The van der Waals surface area contributed by atoms with Crippen molar-refractivity contribution in [1.29, 1.82) is 0 Å². The van der Waals surface area contributed by atoms with E-state index in [2.05, 4.69) is 32.6 Å². The summed E-state index contributed by atoms with van der Waals surface area (Å²) in [4.78, 5) is 2.17. The minimum absolute atomic E-state index is 0.238. The molecule has 1 N–H and O–H groups in total. The summed E-state index contributed by atoms with van der Waals surface area (Å²) in [5.74, 6) is 0. The fraction of sp³-hybridized carbons (Fsp3) is 1.00. The molecule has 0 fully saturated rings. The van der Waals surface area contributed by atoms with Crippen molar-refractivity contribution in [2.24, 2.45) is 5.41 Å². The zero-order valence-corrected chi connectivity index (χ0v) is 10.4. The lowest BCUT2D eigenvalue weighted by atomic mass is 9.87. The predicted molar refractivity (Wildman–Crippen MR) is 59.4 cm³/mol. The van der Waals surface area contributed by atoms with Gasteiger partial charge in [0.05, 0.1) is 12.7 Å². The Morgan fingerprint density at radius 3 is 2.21 bits per heavy atom. The van der Waals surface area contributed by atoms with Gasteiger partial charge in [-0.05, 0) is 19.4 Å². The van der Waals surface area contributed by atoms with Crippen molar-refractivity contribution >= 4 is 0 Å². The zero-order valence-electron chi connectivity index (χ0n) is 10.4. The lowest BCUT2D eigenvalue weighted by molar-refractivity contribution is 0.0221. The Hall–Kier alpha value is -0.120. The summed E-state index contributed by atoms with van der Waals surface area (Å²) < 4.78 is 4.89. The average Bonchev–Trinajstić information content (AvgIpc) is 2.01. The van der Waals surface area contributed by atoms with Gasteiger partial charge >= 0.3 is 0 Å². The summed E-state index contributed by atoms with van der Waals surface area (Å²) in [5.41, 5.74) is 0.238. The van der Waals surface area contributed by atoms with Gasteiger partial charge in [0.15, 0.2) is 0 Å². The molecule has 0 aromatic heterocycles. The molecule has 0 radical (unpaired) electrons. The molecular formula is C11H25NO2. The van der Waals surface area contributed by atoms with E-state index in [1.165, 1.54) is 0 Å². The second-order valence-corrected chi connectivity index (χ2v) is 5.09. The topological polar surface area (TPSA) is 32.7 Å². The van der Waals surface area contributed by atoms with Crippen molar-refractivity contribution in [2.45, 2.75) is 39.8 Å². The molecule has 2 unspecified atom stereocenters. The van der Waals surface area contributed by atoms with Crippen molar-refractivity contribution in [2.75, 3.05) is 27.3 Å². The second kappa shape index (κ2) is 5.69. The molecule has 0 spiro atoms. The highest BCUT2D eigenvalue weighted by Gasteiger charge is 2.24. The molecule has 0 aliphatic heterocycles. The molecule has 0 aromatic carbocycles. The molecule has 3 heteroatoms. The van der Waals surface area contributed by atoms with E-state index >= 15 is 0 Å². The van der Waals surface area contributed by atoms with E-state index in [0.717, 1.165) is 0 Å². The standard InChI is InChI=1S/C11H25NO2/c1-9(11(2,3)4)12(5)7-10(13)8-14-6/h9-10,13H,7-8H2,1-6H3. The number of hydrogen-bond acceptors (Lipinski definition) is 3. The number of aliphatic hydroxyl groups excluding tert-OH is 1. The van der Waals surface area contributed by atoms with Crippen molar-refractivity contribution in [3.8, 4) is 0 Å². The van der Waals surface area contributed by atoms with E-state index in [0.29, 0.717) is 19.2 Å². The van der Waals surface area contributed by atoms with Crippen LogP contribution in [0.5, 0.6) is 0 Å². The fourth-order valence-corrected chi connectivity index (χ4v) is 1.40. The van der Waals surface area contributed by atoms with E-state index in [9.17, 15) is 5.11 Å². The van der Waals surface area contributed by atoms with Crippen molar-refractivity contribution in [1.82, 2.24) is 4.90 Å². The highest BCUT2D eigenvalue weighted by Crippen LogP contribution is 2.22. The molecule has 0 aromatic rings. The summed E-state index contributed by atoms with van der Waals surface area (Å²) >= 11 is 0. The summed E-state index contributed by atoms with van der Waals surface area (Å²) in [5, 5.41) is 9.57. The second-order valence-electron chi connectivity index (χ2n) is 5.09. The maximum absolute atomic E-state index is 9.57. The smallest absolute Gasteiger partial charge is 0.0900 e. The molecule has 14 heavy (non-hydrogen) atoms. The molecule has 0 aliphatic carbocycles. The molecule has 3 nitrogen and oxygen atoms in total. The van der Waals surface area contributed by atoms with Gasteiger partial charge in [-0.15, -0.1) is 0 Å². The molecule has 0 heterocycles. The molecule has 2 atom stereocenters. The Morgan fingerprint density at radius 1 is 1.36 bits per heavy atom. The van der Waals surface area contributed by atoms with Gasteiger partial charge in [-0.3, -0.25) is 0 Å². The van der Waals surface area contributed by atoms with Crippen LogP contribution in [-0.4, -0.2) is 49.5 Å². The van der Waals surface area contributed by atoms with Crippen LogP contribution in [0.25, 0.3) is 0 Å². The van der Waals surface area contributed by atoms with Crippen LogP contribution in [0.2, 0.25) is 0 Å². The number of ether oxygens (including phenoxy) is 1. The van der Waals surface area contributed by atoms with Crippen LogP contribution in [0, 0.1) is 5.41 Å². The molecular weight excluding hydrogens is 178 g/mol. The SMILES string of the molecule is COCC(O)CN(C)C(C)C(C)(C)C. The molecule has 0 bridgehead atoms. The molecule has 0 rings (SSSR count). The van der Waals surface area contributed by atoms with Gasteiger partial charge in [0.1, 0.15) is 0 Å². The first-order valence-corrected chi connectivity index (χ1v) is 5.16. The highest BCUT2D eigenvalue weighted by molar-refractivity contribution is 4.78. The Morgan fingerprint density at radius 2 is 1.86 bits per heavy atom. The monoisotopic (exact) mass is 203 g/mol. The van der Waals surface area contributed by atoms with Crippen LogP contribution in [0.4, 0.5) is 0 Å². The normalized spacial score (nSPS) is 17.1. The third-order valence-electron chi connectivity index (χ3n) is 2.77. The minimum Gasteiger partial charge on any atom is -0.389 e. The molecule has 86 valence electrons. The highest BCUT2D eigenvalue weighted by atomic mass is 16.5. The fourth-order valence-electron chi connectivity index (χ4n) is 1.40. The van der Waals surface area contributed by atoms with Gasteiger partial charge in [0.25, 0.3) is 0 Å². The van der Waals surface area contributed by atoms with E-state index in [1.807, 2.05) is 7.05 Å². The van der Waals surface area contributed by atoms with E-state index < -0.39 is 6.10 Å². The zero-order chi connectivity index (χ0) is 11.4. The van der Waals surface area contributed by atoms with Crippen LogP contribution in [-0.2, 0) is 4.74 Å². The average molecular weight is 203 g/mol. The summed E-state index contributed by atoms with van der Waals surface area (Å²) in [7, 11) is 3.64. The third kappa shape index (κ3) is 4.94. The molecule has 0 amide bonds. The van der Waals surface area contributed by atoms with Crippen LogP contribution in [0.15, 0.2) is 0 Å². The Labute approximate surface area is 88.1 Å². The van der Waals surface area contributed by atoms with Crippen LogP contribution >= 0.6 is 0 Å². The van der Waals surface area contributed by atoms with Crippen LogP contribution in [0.3, 0.4) is 0 Å². The van der Waals surface area contributed by atoms with E-state index in [-0.39, 0.29) is 5.41 Å². The summed E-state index contributed by atoms with van der Waals surface area (Å²) in [6.45, 7) is 9.86. The Kier molecular flexibility index (Phi) is 5.64. The Bertz CT molecular complexity index is 154. The number of rotatable bonds is 5. The first kappa shape index (κ1) is 13.9. The molecule has 0 aliphatic rings. The van der Waals surface area contributed by atoms with Gasteiger partial charge < -0.3 is 14.7 Å². The largest absolute Gasteiger partial charge is 0.389 e. The van der Waals surface area contributed by atoms with Gasteiger partial charge in [0.2, 0.25) is 0 Å². The maximum Gasteiger partial charge on any atom is 0.0900 e. The summed E-state index contributed by atoms with van der Waals surface area (Å²) in [6.07, 6.45) is -0.394. The number of likely N-dealkylation sites (N-methyl/N-ethyl adjacent to an activating group) is 1. The van der Waals surface area contributed by atoms with Crippen molar-refractivity contribution in [3.63, 3.8) is 0 Å². The Balaban J connectivity index is 4.01. The van der Waals surface area contributed by atoms with Gasteiger partial charge in [-0.2, -0.15) is 0 Å².